The van der Waals surface area contributed by atoms with Crippen molar-refractivity contribution in [3.05, 3.63) is 36.2 Å². The molecule has 37 heavy (non-hydrogen) atoms. The SMILES string of the molecule is O=C1CC[C@H](C(=O)N2CC(Nc3cc(-n4c(C(F)F)nc5ccccc54)nc(N4CCOCC4)n3)C2)N1. The molecule has 0 bridgehead atoms. The van der Waals surface area contributed by atoms with E-state index >= 15 is 0 Å². The standard InChI is InChI=1S/C24H26F2N8O3/c25-21(26)22-29-15-3-1-2-4-17(15)34(22)19-11-18(30-24(31-19)32-7-9-37-10-8-32)27-14-12-33(13-14)23(36)16-5-6-20(35)28-16/h1-4,11,14,16,21H,5-10,12-13H2,(H,28,35)(H,27,30,31)/t16-/m1/s1. The fraction of sp³-hybridized carbons (Fsp3) is 0.458. The predicted octanol–water partition coefficient (Wildman–Crippen LogP) is 1.49. The van der Waals surface area contributed by atoms with Crippen LogP contribution in [0.1, 0.15) is 25.1 Å². The van der Waals surface area contributed by atoms with E-state index in [0.717, 1.165) is 0 Å². The van der Waals surface area contributed by atoms with Gasteiger partial charge in [0, 0.05) is 38.7 Å². The van der Waals surface area contributed by atoms with E-state index in [-0.39, 0.29) is 23.7 Å². The number of likely N-dealkylation sites (tertiary alicyclic amines) is 1. The van der Waals surface area contributed by atoms with Gasteiger partial charge in [-0.25, -0.2) is 13.8 Å². The first-order valence-corrected chi connectivity index (χ1v) is 12.3. The summed E-state index contributed by atoms with van der Waals surface area (Å²) in [5.74, 6) is 0.570. The second-order valence-corrected chi connectivity index (χ2v) is 9.35. The number of carbonyl (C=O) groups excluding carboxylic acids is 2. The molecule has 11 nitrogen and oxygen atoms in total. The van der Waals surface area contributed by atoms with E-state index in [9.17, 15) is 18.4 Å². The van der Waals surface area contributed by atoms with Gasteiger partial charge in [-0.15, -0.1) is 0 Å². The van der Waals surface area contributed by atoms with Gasteiger partial charge in [0.25, 0.3) is 6.43 Å². The van der Waals surface area contributed by atoms with Crippen molar-refractivity contribution in [1.29, 1.82) is 0 Å². The Hall–Kier alpha value is -3.87. The van der Waals surface area contributed by atoms with Crippen LogP contribution in [0, 0.1) is 0 Å². The third-order valence-corrected chi connectivity index (χ3v) is 6.84. The summed E-state index contributed by atoms with van der Waals surface area (Å²) in [5.41, 5.74) is 0.973. The lowest BCUT2D eigenvalue weighted by Gasteiger charge is -2.41. The van der Waals surface area contributed by atoms with Crippen LogP contribution in [0.4, 0.5) is 20.5 Å². The molecule has 3 fully saturated rings. The summed E-state index contributed by atoms with van der Waals surface area (Å²) >= 11 is 0. The smallest absolute Gasteiger partial charge is 0.296 e. The zero-order valence-electron chi connectivity index (χ0n) is 19.9. The first-order chi connectivity index (χ1) is 18.0. The van der Waals surface area contributed by atoms with Crippen LogP contribution in [0.2, 0.25) is 0 Å². The second-order valence-electron chi connectivity index (χ2n) is 9.35. The van der Waals surface area contributed by atoms with Crippen LogP contribution in [0.5, 0.6) is 0 Å². The Kier molecular flexibility index (Phi) is 6.07. The fourth-order valence-corrected chi connectivity index (χ4v) is 4.93. The molecule has 194 valence electrons. The Balaban J connectivity index is 1.29. The first kappa shape index (κ1) is 23.5. The summed E-state index contributed by atoms with van der Waals surface area (Å²) in [6.07, 6.45) is -1.92. The van der Waals surface area contributed by atoms with Gasteiger partial charge < -0.3 is 25.2 Å². The summed E-state index contributed by atoms with van der Waals surface area (Å²) < 4.78 is 34.9. The number of fused-ring (bicyclic) bond motifs is 1. The number of carbonyl (C=O) groups is 2. The first-order valence-electron chi connectivity index (χ1n) is 12.3. The number of rotatable bonds is 6. The molecule has 0 radical (unpaired) electrons. The zero-order valence-corrected chi connectivity index (χ0v) is 19.9. The second kappa shape index (κ2) is 9.54. The maximum atomic E-state index is 14.0. The third-order valence-electron chi connectivity index (χ3n) is 6.84. The molecule has 0 unspecified atom stereocenters. The highest BCUT2D eigenvalue weighted by molar-refractivity contribution is 5.91. The molecule has 1 atom stereocenters. The van der Waals surface area contributed by atoms with E-state index in [1.54, 1.807) is 35.2 Å². The topological polar surface area (TPSA) is 118 Å². The van der Waals surface area contributed by atoms with Gasteiger partial charge in [-0.2, -0.15) is 9.97 Å². The molecule has 13 heteroatoms. The average molecular weight is 513 g/mol. The summed E-state index contributed by atoms with van der Waals surface area (Å²) in [6.45, 7) is 3.09. The van der Waals surface area contributed by atoms with Gasteiger partial charge >= 0.3 is 0 Å². The summed E-state index contributed by atoms with van der Waals surface area (Å²) in [5, 5.41) is 6.04. The van der Waals surface area contributed by atoms with Gasteiger partial charge in [0.2, 0.25) is 17.8 Å². The lowest BCUT2D eigenvalue weighted by Crippen LogP contribution is -2.60. The average Bonchev–Trinajstić information content (AvgIpc) is 3.50. The minimum atomic E-state index is -2.80. The molecule has 5 heterocycles. The fourth-order valence-electron chi connectivity index (χ4n) is 4.93. The van der Waals surface area contributed by atoms with Gasteiger partial charge in [-0.3, -0.25) is 14.2 Å². The normalized spacial score (nSPS) is 20.4. The summed E-state index contributed by atoms with van der Waals surface area (Å²) in [7, 11) is 0. The van der Waals surface area contributed by atoms with Crippen LogP contribution in [0.3, 0.4) is 0 Å². The summed E-state index contributed by atoms with van der Waals surface area (Å²) in [4.78, 5) is 41.2. The van der Waals surface area contributed by atoms with Crippen LogP contribution in [0.25, 0.3) is 16.9 Å². The maximum absolute atomic E-state index is 14.0. The van der Waals surface area contributed by atoms with E-state index < -0.39 is 18.3 Å². The highest BCUT2D eigenvalue weighted by atomic mass is 19.3. The number of alkyl halides is 2. The maximum Gasteiger partial charge on any atom is 0.296 e. The quantitative estimate of drug-likeness (QED) is 0.510. The molecule has 2 aromatic heterocycles. The van der Waals surface area contributed by atoms with Gasteiger partial charge in [0.05, 0.1) is 30.3 Å². The lowest BCUT2D eigenvalue weighted by molar-refractivity contribution is -0.138. The number of imidazole rings is 1. The molecule has 0 spiro atoms. The van der Waals surface area contributed by atoms with E-state index in [4.69, 9.17) is 4.74 Å². The number of aromatic nitrogens is 4. The number of ether oxygens (including phenoxy) is 1. The van der Waals surface area contributed by atoms with E-state index in [1.165, 1.54) is 4.57 Å². The molecular weight excluding hydrogens is 486 g/mol. The number of morpholine rings is 1. The Morgan fingerprint density at radius 2 is 1.92 bits per heavy atom. The number of hydrogen-bond acceptors (Lipinski definition) is 8. The Morgan fingerprint density at radius 1 is 1.14 bits per heavy atom. The molecule has 3 aliphatic heterocycles. The predicted molar refractivity (Wildman–Crippen MR) is 130 cm³/mol. The van der Waals surface area contributed by atoms with Crippen LogP contribution in [-0.2, 0) is 14.3 Å². The monoisotopic (exact) mass is 512 g/mol. The van der Waals surface area contributed by atoms with Crippen molar-refractivity contribution in [3.8, 4) is 5.82 Å². The Labute approximate surface area is 210 Å². The van der Waals surface area contributed by atoms with E-state index in [2.05, 4.69) is 25.6 Å². The zero-order chi connectivity index (χ0) is 25.5. The van der Waals surface area contributed by atoms with Gasteiger partial charge in [-0.1, -0.05) is 12.1 Å². The molecule has 0 aliphatic carbocycles. The molecule has 3 saturated heterocycles. The number of halogens is 2. The number of amides is 2. The number of hydrogen-bond donors (Lipinski definition) is 2. The molecule has 3 aromatic rings. The molecule has 2 amide bonds. The van der Waals surface area contributed by atoms with Crippen molar-refractivity contribution < 1.29 is 23.1 Å². The molecule has 2 N–H and O–H groups in total. The van der Waals surface area contributed by atoms with Crippen molar-refractivity contribution in [2.45, 2.75) is 31.4 Å². The highest BCUT2D eigenvalue weighted by Crippen LogP contribution is 2.29. The minimum absolute atomic E-state index is 0.0737. The van der Waals surface area contributed by atoms with Crippen molar-refractivity contribution in [2.24, 2.45) is 0 Å². The van der Waals surface area contributed by atoms with E-state index in [0.29, 0.717) is 75.0 Å². The minimum Gasteiger partial charge on any atom is -0.378 e. The van der Waals surface area contributed by atoms with Crippen molar-refractivity contribution in [1.82, 2.24) is 29.7 Å². The largest absolute Gasteiger partial charge is 0.378 e. The number of anilines is 2. The third kappa shape index (κ3) is 4.54. The molecule has 0 saturated carbocycles. The molecule has 3 aliphatic rings. The molecule has 1 aromatic carbocycles. The highest BCUT2D eigenvalue weighted by Gasteiger charge is 2.37. The van der Waals surface area contributed by atoms with Gasteiger partial charge in [0.1, 0.15) is 17.7 Å². The number of benzene rings is 1. The Bertz CT molecular complexity index is 1340. The van der Waals surface area contributed by atoms with Gasteiger partial charge in [0.15, 0.2) is 5.82 Å². The van der Waals surface area contributed by atoms with Crippen LogP contribution >= 0.6 is 0 Å². The van der Waals surface area contributed by atoms with Crippen LogP contribution < -0.4 is 15.5 Å². The van der Waals surface area contributed by atoms with Gasteiger partial charge in [-0.05, 0) is 18.6 Å². The van der Waals surface area contributed by atoms with Crippen molar-refractivity contribution >= 4 is 34.6 Å². The molecular formula is C24H26F2N8O3. The van der Waals surface area contributed by atoms with E-state index in [1.807, 2.05) is 4.90 Å². The lowest BCUT2D eigenvalue weighted by atomic mass is 10.1. The summed E-state index contributed by atoms with van der Waals surface area (Å²) in [6, 6.07) is 8.03. The van der Waals surface area contributed by atoms with Crippen molar-refractivity contribution in [2.75, 3.05) is 49.6 Å². The number of para-hydroxylation sites is 2. The number of nitrogens with one attached hydrogen (secondary N) is 2. The number of nitrogens with zero attached hydrogens (tertiary/aromatic N) is 6. The van der Waals surface area contributed by atoms with Crippen LogP contribution in [0.15, 0.2) is 30.3 Å². The van der Waals surface area contributed by atoms with Crippen molar-refractivity contribution in [3.63, 3.8) is 0 Å². The van der Waals surface area contributed by atoms with Crippen LogP contribution in [-0.4, -0.2) is 87.7 Å². The molecule has 6 rings (SSSR count). The Morgan fingerprint density at radius 3 is 2.65 bits per heavy atom.